The van der Waals surface area contributed by atoms with E-state index in [1.807, 2.05) is 18.2 Å². The number of morpholine rings is 1. The highest BCUT2D eigenvalue weighted by Gasteiger charge is 2.16. The molecule has 2 N–H and O–H groups in total. The minimum absolute atomic E-state index is 0.0362. The van der Waals surface area contributed by atoms with Crippen molar-refractivity contribution in [2.75, 3.05) is 36.3 Å². The minimum Gasteiger partial charge on any atom is -0.379 e. The summed E-state index contributed by atoms with van der Waals surface area (Å²) in [5.41, 5.74) is 2.31. The first kappa shape index (κ1) is 24.5. The standard InChI is InChI=1S/C24H23Cl2N3O4S/c25-19-13-20(26)15-22(14-19)28-34(31,32)23-6-4-21(5-7-23)27-24(30)18-3-1-2-17(12-18)16-29-8-10-33-11-9-29/h1-7,12-15,28H,8-11,16H2,(H,27,30). The van der Waals surface area contributed by atoms with E-state index < -0.39 is 10.0 Å². The molecule has 0 spiro atoms. The SMILES string of the molecule is O=C(Nc1ccc(S(=O)(=O)Nc2cc(Cl)cc(Cl)c2)cc1)c1cccc(CN2CCOCC2)c1. The third-order valence-electron chi connectivity index (χ3n) is 5.24. The number of nitrogens with zero attached hydrogens (tertiary/aromatic N) is 1. The predicted octanol–water partition coefficient (Wildman–Crippen LogP) is 4.88. The third kappa shape index (κ3) is 6.49. The Kier molecular flexibility index (Phi) is 7.75. The Hall–Kier alpha value is -2.62. The van der Waals surface area contributed by atoms with Gasteiger partial charge in [0.05, 0.1) is 23.8 Å². The number of benzene rings is 3. The molecule has 1 saturated heterocycles. The van der Waals surface area contributed by atoms with Crippen molar-refractivity contribution in [3.63, 3.8) is 0 Å². The molecule has 0 saturated carbocycles. The molecule has 1 amide bonds. The van der Waals surface area contributed by atoms with Gasteiger partial charge in [-0.3, -0.25) is 14.4 Å². The summed E-state index contributed by atoms with van der Waals surface area (Å²) in [5, 5.41) is 3.44. The van der Waals surface area contributed by atoms with Crippen LogP contribution in [0.4, 0.5) is 11.4 Å². The summed E-state index contributed by atoms with van der Waals surface area (Å²) >= 11 is 11.9. The number of halogens is 2. The van der Waals surface area contributed by atoms with Crippen molar-refractivity contribution >= 4 is 50.5 Å². The number of carbonyl (C=O) groups is 1. The zero-order chi connectivity index (χ0) is 24.1. The van der Waals surface area contributed by atoms with Gasteiger partial charge in [-0.1, -0.05) is 35.3 Å². The van der Waals surface area contributed by atoms with E-state index in [2.05, 4.69) is 14.9 Å². The summed E-state index contributed by atoms with van der Waals surface area (Å²) in [6.07, 6.45) is 0. The summed E-state index contributed by atoms with van der Waals surface area (Å²) in [4.78, 5) is 15.1. The molecule has 0 aliphatic carbocycles. The fourth-order valence-electron chi connectivity index (χ4n) is 3.58. The van der Waals surface area contributed by atoms with Crippen LogP contribution in [0.2, 0.25) is 10.0 Å². The average molecular weight is 520 g/mol. The molecule has 3 aromatic rings. The summed E-state index contributed by atoms with van der Waals surface area (Å²) in [5.74, 6) is -0.272. The second-order valence-corrected chi connectivity index (χ2v) is 10.4. The van der Waals surface area contributed by atoms with Crippen LogP contribution in [0.1, 0.15) is 15.9 Å². The van der Waals surface area contributed by atoms with Crippen LogP contribution in [-0.2, 0) is 21.3 Å². The van der Waals surface area contributed by atoms with Gasteiger partial charge in [0.25, 0.3) is 15.9 Å². The van der Waals surface area contributed by atoms with Crippen molar-refractivity contribution in [2.45, 2.75) is 11.4 Å². The van der Waals surface area contributed by atoms with Crippen molar-refractivity contribution in [1.82, 2.24) is 4.90 Å². The van der Waals surface area contributed by atoms with Crippen molar-refractivity contribution in [3.8, 4) is 0 Å². The Balaban J connectivity index is 1.41. The number of rotatable bonds is 7. The lowest BCUT2D eigenvalue weighted by atomic mass is 10.1. The second-order valence-electron chi connectivity index (χ2n) is 7.83. The monoisotopic (exact) mass is 519 g/mol. The highest BCUT2D eigenvalue weighted by atomic mass is 35.5. The van der Waals surface area contributed by atoms with E-state index in [4.69, 9.17) is 27.9 Å². The molecule has 0 radical (unpaired) electrons. The third-order valence-corrected chi connectivity index (χ3v) is 7.07. The van der Waals surface area contributed by atoms with Gasteiger partial charge in [0.15, 0.2) is 0 Å². The van der Waals surface area contributed by atoms with Crippen molar-refractivity contribution in [2.24, 2.45) is 0 Å². The zero-order valence-electron chi connectivity index (χ0n) is 18.1. The number of hydrogen-bond acceptors (Lipinski definition) is 5. The Morgan fingerprint density at radius 2 is 1.59 bits per heavy atom. The molecule has 0 bridgehead atoms. The number of nitrogens with one attached hydrogen (secondary N) is 2. The van der Waals surface area contributed by atoms with Crippen LogP contribution in [0.15, 0.2) is 71.6 Å². The van der Waals surface area contributed by atoms with E-state index in [0.29, 0.717) is 34.5 Å². The average Bonchev–Trinajstić information content (AvgIpc) is 2.79. The molecular formula is C24H23Cl2N3O4S. The second kappa shape index (κ2) is 10.8. The quantitative estimate of drug-likeness (QED) is 0.464. The Labute approximate surface area is 208 Å². The van der Waals surface area contributed by atoms with Gasteiger partial charge < -0.3 is 10.1 Å². The summed E-state index contributed by atoms with van der Waals surface area (Å²) in [6, 6.07) is 17.8. The van der Waals surface area contributed by atoms with Gasteiger partial charge in [0.2, 0.25) is 0 Å². The molecular weight excluding hydrogens is 497 g/mol. The first-order valence-corrected chi connectivity index (χ1v) is 12.8. The van der Waals surface area contributed by atoms with Crippen molar-refractivity contribution in [1.29, 1.82) is 0 Å². The molecule has 4 rings (SSSR count). The van der Waals surface area contributed by atoms with E-state index in [-0.39, 0.29) is 16.5 Å². The lowest BCUT2D eigenvalue weighted by Gasteiger charge is -2.26. The van der Waals surface area contributed by atoms with Crippen LogP contribution in [-0.4, -0.2) is 45.5 Å². The molecule has 0 unspecified atom stereocenters. The zero-order valence-corrected chi connectivity index (χ0v) is 20.5. The molecule has 1 heterocycles. The van der Waals surface area contributed by atoms with Gasteiger partial charge in [-0.05, 0) is 60.2 Å². The lowest BCUT2D eigenvalue weighted by molar-refractivity contribution is 0.0342. The van der Waals surface area contributed by atoms with E-state index in [9.17, 15) is 13.2 Å². The highest BCUT2D eigenvalue weighted by molar-refractivity contribution is 7.92. The number of sulfonamides is 1. The van der Waals surface area contributed by atoms with Crippen molar-refractivity contribution < 1.29 is 17.9 Å². The van der Waals surface area contributed by atoms with Gasteiger partial charge in [0.1, 0.15) is 0 Å². The first-order chi connectivity index (χ1) is 16.3. The van der Waals surface area contributed by atoms with E-state index in [0.717, 1.165) is 25.2 Å². The summed E-state index contributed by atoms with van der Waals surface area (Å²) < 4.78 is 33.2. The minimum atomic E-state index is -3.86. The first-order valence-electron chi connectivity index (χ1n) is 10.6. The largest absolute Gasteiger partial charge is 0.379 e. The Morgan fingerprint density at radius 1 is 0.912 bits per heavy atom. The maximum Gasteiger partial charge on any atom is 0.261 e. The smallest absolute Gasteiger partial charge is 0.261 e. The van der Waals surface area contributed by atoms with E-state index in [1.54, 1.807) is 6.07 Å². The maximum absolute atomic E-state index is 12.7. The molecule has 1 aliphatic rings. The van der Waals surface area contributed by atoms with E-state index >= 15 is 0 Å². The molecule has 178 valence electrons. The highest BCUT2D eigenvalue weighted by Crippen LogP contribution is 2.25. The van der Waals surface area contributed by atoms with Gasteiger partial charge >= 0.3 is 0 Å². The Morgan fingerprint density at radius 3 is 2.26 bits per heavy atom. The molecule has 1 fully saturated rings. The van der Waals surface area contributed by atoms with Gasteiger partial charge in [0, 0.05) is 40.9 Å². The van der Waals surface area contributed by atoms with Crippen LogP contribution >= 0.6 is 23.2 Å². The van der Waals surface area contributed by atoms with Crippen LogP contribution < -0.4 is 10.0 Å². The number of ether oxygens (including phenoxy) is 1. The molecule has 0 aromatic heterocycles. The molecule has 0 atom stereocenters. The molecule has 10 heteroatoms. The summed E-state index contributed by atoms with van der Waals surface area (Å²) in [6.45, 7) is 3.92. The molecule has 1 aliphatic heterocycles. The number of amides is 1. The van der Waals surface area contributed by atoms with E-state index in [1.165, 1.54) is 42.5 Å². The lowest BCUT2D eigenvalue weighted by Crippen LogP contribution is -2.35. The van der Waals surface area contributed by atoms with Gasteiger partial charge in [-0.2, -0.15) is 0 Å². The number of anilines is 2. The topological polar surface area (TPSA) is 87.7 Å². The molecule has 7 nitrogen and oxygen atoms in total. The molecule has 34 heavy (non-hydrogen) atoms. The molecule has 3 aromatic carbocycles. The van der Waals surface area contributed by atoms with Gasteiger partial charge in [-0.15, -0.1) is 0 Å². The van der Waals surface area contributed by atoms with Crippen LogP contribution in [0.25, 0.3) is 0 Å². The van der Waals surface area contributed by atoms with Crippen LogP contribution in [0.3, 0.4) is 0 Å². The fourth-order valence-corrected chi connectivity index (χ4v) is 5.14. The Bertz CT molecular complexity index is 1260. The van der Waals surface area contributed by atoms with Crippen LogP contribution in [0, 0.1) is 0 Å². The number of hydrogen-bond donors (Lipinski definition) is 2. The normalized spacial score (nSPS) is 14.5. The number of carbonyl (C=O) groups excluding carboxylic acids is 1. The fraction of sp³-hybridized carbons (Fsp3) is 0.208. The van der Waals surface area contributed by atoms with Crippen molar-refractivity contribution in [3.05, 3.63) is 87.9 Å². The maximum atomic E-state index is 12.7. The van der Waals surface area contributed by atoms with Crippen LogP contribution in [0.5, 0.6) is 0 Å². The summed E-state index contributed by atoms with van der Waals surface area (Å²) in [7, 11) is -3.86. The van der Waals surface area contributed by atoms with Gasteiger partial charge in [-0.25, -0.2) is 8.42 Å². The predicted molar refractivity (Wildman–Crippen MR) is 134 cm³/mol.